The number of aryl methyl sites for hydroxylation is 1. The van der Waals surface area contributed by atoms with Crippen LogP contribution < -0.4 is 52.9 Å². The fourth-order valence-corrected chi connectivity index (χ4v) is 15.3. The smallest absolute Gasteiger partial charge is 0.326 e. The van der Waals surface area contributed by atoms with E-state index >= 15 is 0 Å². The average Bonchev–Trinajstić information content (AvgIpc) is 1.78. The summed E-state index contributed by atoms with van der Waals surface area (Å²) in [6, 6.07) is 90.9. The Labute approximate surface area is 673 Å². The minimum atomic E-state index is -0.157. The highest BCUT2D eigenvalue weighted by Crippen LogP contribution is 2.35. The molecule has 7 N–H and O–H groups in total. The van der Waals surface area contributed by atoms with Gasteiger partial charge in [-0.25, -0.2) is 9.59 Å². The Morgan fingerprint density at radius 2 is 0.718 bits per heavy atom. The number of aromatic nitrogens is 4. The van der Waals surface area contributed by atoms with Gasteiger partial charge in [0.05, 0.1) is 6.42 Å². The first-order valence-corrected chi connectivity index (χ1v) is 38.6. The number of amides is 6. The minimum absolute atomic E-state index is 0.0850. The first-order valence-electron chi connectivity index (χ1n) is 38.6. The monoisotopic (exact) mass is 1540 g/mol. The molecule has 117 heavy (non-hydrogen) atoms. The van der Waals surface area contributed by atoms with Crippen molar-refractivity contribution in [2.45, 2.75) is 39.3 Å². The van der Waals surface area contributed by atoms with Crippen molar-refractivity contribution in [2.75, 3.05) is 57.8 Å². The molecule has 0 radical (unpaired) electrons. The molecule has 0 unspecified atom stereocenters. The molecule has 0 aliphatic carbocycles. The number of aromatic amines is 4. The van der Waals surface area contributed by atoms with E-state index < -0.39 is 0 Å². The number of hydrogen-bond acceptors (Lipinski definition) is 9. The molecule has 0 fully saturated rings. The normalized spacial score (nSPS) is 12.3. The highest BCUT2D eigenvalue weighted by Gasteiger charge is 2.28. The molecule has 3 aliphatic heterocycles. The van der Waals surface area contributed by atoms with Crippen LogP contribution in [0.4, 0.5) is 43.7 Å². The van der Waals surface area contributed by atoms with Crippen LogP contribution in [0.25, 0.3) is 87.6 Å². The molecule has 16 aromatic rings. The molecule has 7 heterocycles. The van der Waals surface area contributed by atoms with E-state index in [0.29, 0.717) is 65.4 Å². The summed E-state index contributed by atoms with van der Waals surface area (Å²) in [7, 11) is 3.88. The Kier molecular flexibility index (Phi) is 21.8. The number of nitrogens with one attached hydrogen (secondary N) is 7. The van der Waals surface area contributed by atoms with Gasteiger partial charge in [0.15, 0.2) is 0 Å². The van der Waals surface area contributed by atoms with E-state index in [1.54, 1.807) is 40.7 Å². The predicted molar refractivity (Wildman–Crippen MR) is 471 cm³/mol. The van der Waals surface area contributed by atoms with Crippen LogP contribution in [0.2, 0.25) is 0 Å². The van der Waals surface area contributed by atoms with Crippen LogP contribution in [0, 0.1) is 6.92 Å². The lowest BCUT2D eigenvalue weighted by Gasteiger charge is -2.18. The lowest BCUT2D eigenvalue weighted by atomic mass is 9.99. The molecule has 19 heteroatoms. The maximum Gasteiger partial charge on any atom is 0.326 e. The molecule has 19 nitrogen and oxygen atoms in total. The van der Waals surface area contributed by atoms with Gasteiger partial charge in [-0.3, -0.25) is 38.6 Å². The fourth-order valence-electron chi connectivity index (χ4n) is 15.3. The third kappa shape index (κ3) is 16.5. The molecular formula is C98H81N11O8. The van der Waals surface area contributed by atoms with Crippen LogP contribution in [0.1, 0.15) is 43.7 Å². The highest BCUT2D eigenvalue weighted by molar-refractivity contribution is 6.07. The van der Waals surface area contributed by atoms with E-state index in [2.05, 4.69) is 72.3 Å². The zero-order valence-electron chi connectivity index (χ0n) is 64.4. The van der Waals surface area contributed by atoms with Crippen LogP contribution in [0.3, 0.4) is 0 Å². The Balaban J connectivity index is 0.000000117. The van der Waals surface area contributed by atoms with Gasteiger partial charge in [0.1, 0.15) is 0 Å². The highest BCUT2D eigenvalue weighted by atomic mass is 16.2. The third-order valence-corrected chi connectivity index (χ3v) is 21.5. The maximum absolute atomic E-state index is 12.8. The van der Waals surface area contributed by atoms with Crippen LogP contribution in [-0.2, 0) is 37.1 Å². The zero-order valence-corrected chi connectivity index (χ0v) is 64.4. The molecule has 4 aromatic heterocycles. The molecular weight excluding hydrogens is 1460 g/mol. The SMILES string of the molecule is CN(C)c1cccc(C(=O)Nc2ccc(-c3c[nH]c(=O)c4ccccc34)cc2)c1.Cc1ccc2c(c1)N(C(=O)Nc1ccc(-c3c[nH]c(=O)c4ccccc34)cc1)CC2.O=C(Cc1ccc(-c2c[nH]c(=O)c3ccccc23)cc1)N1Cc2ccccc2C1.O=C(Nc1ccc(-c2c[nH]c(=O)c3ccccc23)cc1)N1CCc2ccccc21. The van der Waals surface area contributed by atoms with Crippen LogP contribution >= 0.6 is 0 Å². The minimum Gasteiger partial charge on any atom is -0.378 e. The number of pyridine rings is 4. The van der Waals surface area contributed by atoms with Crippen LogP contribution in [0.5, 0.6) is 0 Å². The van der Waals surface area contributed by atoms with E-state index in [1.165, 1.54) is 22.3 Å². The van der Waals surface area contributed by atoms with Crippen molar-refractivity contribution >= 4 is 101 Å². The summed E-state index contributed by atoms with van der Waals surface area (Å²) < 4.78 is 0. The summed E-state index contributed by atoms with van der Waals surface area (Å²) in [4.78, 5) is 118. The van der Waals surface area contributed by atoms with Gasteiger partial charge in [0.25, 0.3) is 28.1 Å². The number of benzene rings is 12. The molecule has 0 saturated carbocycles. The summed E-state index contributed by atoms with van der Waals surface area (Å²) in [5, 5.41) is 15.2. The first kappa shape index (κ1) is 75.8. The number of anilines is 6. The Bertz CT molecular complexity index is 6710. The number of H-pyrrole nitrogens is 4. The van der Waals surface area contributed by atoms with Crippen molar-refractivity contribution in [3.05, 3.63) is 390 Å². The topological polar surface area (TPSA) is 249 Å². The van der Waals surface area contributed by atoms with Gasteiger partial charge < -0.3 is 45.7 Å². The number of fused-ring (bicyclic) bond motifs is 7. The van der Waals surface area contributed by atoms with Crippen LogP contribution in [0.15, 0.2) is 329 Å². The van der Waals surface area contributed by atoms with E-state index in [9.17, 15) is 38.4 Å². The molecule has 0 saturated heterocycles. The van der Waals surface area contributed by atoms with Gasteiger partial charge in [-0.2, -0.15) is 0 Å². The van der Waals surface area contributed by atoms with Gasteiger partial charge in [0, 0.05) is 149 Å². The standard InChI is InChI=1S/C25H21N3O2.C25H20N2O2.C24H19N3O2.C24H21N3O2/c1-16-6-7-18-12-13-28(23(18)14-16)25(30)27-19-10-8-17(9-11-19)22-15-26-24(29)21-5-3-2-4-20(21)22;28-24(27-15-19-5-1-2-6-20(19)16-27)13-17-9-11-18(12-10-17)23-14-26-25(29)22-8-4-3-7-21(22)23;28-23-20-7-3-2-6-19(20)21(15-25-23)16-9-11-18(12-10-16)26-24(29)27-14-13-17-5-1-4-8-22(17)27;1-27(2)19-7-5-6-17(14-19)23(28)26-18-12-10-16(11-13-18)22-15-25-24(29)21-9-4-3-8-20(21)22/h2-11,14-15H,12-13H2,1H3,(H,26,29)(H,27,30);1-12,14H,13,15-16H2,(H,26,29);1-12,15H,13-14H2,(H,25,28)(H,26,29);3-15H,1-2H3,(H,25,29)(H,26,28). The lowest BCUT2D eigenvalue weighted by molar-refractivity contribution is -0.131. The quantitative estimate of drug-likeness (QED) is 0.0650. The molecule has 3 aliphatic rings. The predicted octanol–water partition coefficient (Wildman–Crippen LogP) is 18.7. The molecule has 0 spiro atoms. The van der Waals surface area contributed by atoms with Gasteiger partial charge in [-0.15, -0.1) is 0 Å². The zero-order chi connectivity index (χ0) is 80.6. The summed E-state index contributed by atoms with van der Waals surface area (Å²) in [6.07, 6.45) is 9.10. The van der Waals surface area contributed by atoms with Crippen molar-refractivity contribution < 1.29 is 19.2 Å². The van der Waals surface area contributed by atoms with Gasteiger partial charge in [0.2, 0.25) is 5.91 Å². The van der Waals surface area contributed by atoms with Crippen molar-refractivity contribution in [1.82, 2.24) is 24.8 Å². The van der Waals surface area contributed by atoms with E-state index in [-0.39, 0.29) is 46.1 Å². The maximum atomic E-state index is 12.8. The number of carbonyl (C=O) groups excluding carboxylic acids is 4. The van der Waals surface area contributed by atoms with Crippen molar-refractivity contribution in [3.63, 3.8) is 0 Å². The largest absolute Gasteiger partial charge is 0.378 e. The second-order valence-corrected chi connectivity index (χ2v) is 29.3. The third-order valence-electron chi connectivity index (χ3n) is 21.5. The number of rotatable bonds is 11. The van der Waals surface area contributed by atoms with Crippen molar-refractivity contribution in [1.29, 1.82) is 0 Å². The number of carbonyl (C=O) groups is 4. The van der Waals surface area contributed by atoms with Gasteiger partial charge >= 0.3 is 12.1 Å². The summed E-state index contributed by atoms with van der Waals surface area (Å²) in [5.41, 5.74) is 20.1. The number of nitrogens with zero attached hydrogens (tertiary/aromatic N) is 4. The molecule has 0 bridgehead atoms. The molecule has 0 atom stereocenters. The lowest BCUT2D eigenvalue weighted by Crippen LogP contribution is -2.33. The molecule has 576 valence electrons. The fraction of sp³-hybridized carbons (Fsp3) is 0.102. The molecule has 6 amide bonds. The second-order valence-electron chi connectivity index (χ2n) is 29.3. The Morgan fingerprint density at radius 3 is 1.14 bits per heavy atom. The summed E-state index contributed by atoms with van der Waals surface area (Å²) in [5.74, 6) is -0.0145. The van der Waals surface area contributed by atoms with Crippen molar-refractivity contribution in [3.8, 4) is 44.5 Å². The summed E-state index contributed by atoms with van der Waals surface area (Å²) >= 11 is 0. The Morgan fingerprint density at radius 1 is 0.359 bits per heavy atom. The average molecular weight is 1540 g/mol. The van der Waals surface area contributed by atoms with Gasteiger partial charge in [-0.05, 0) is 188 Å². The molecule has 12 aromatic carbocycles. The summed E-state index contributed by atoms with van der Waals surface area (Å²) in [6.45, 7) is 4.79. The van der Waals surface area contributed by atoms with E-state index in [4.69, 9.17) is 0 Å². The Hall–Kier alpha value is -15.2. The number of para-hydroxylation sites is 1. The molecule has 19 rings (SSSR count). The van der Waals surface area contributed by atoms with E-state index in [0.717, 1.165) is 118 Å². The van der Waals surface area contributed by atoms with Crippen LogP contribution in [-0.4, -0.2) is 75.9 Å². The first-order chi connectivity index (χ1) is 57.0. The number of hydrogen-bond donors (Lipinski definition) is 7. The van der Waals surface area contributed by atoms with Crippen molar-refractivity contribution in [2.24, 2.45) is 0 Å². The second kappa shape index (κ2) is 33.6. The van der Waals surface area contributed by atoms with Gasteiger partial charge in [-0.1, -0.05) is 194 Å². The van der Waals surface area contributed by atoms with E-state index in [1.807, 2.05) is 273 Å². The number of urea groups is 2.